The van der Waals surface area contributed by atoms with Gasteiger partial charge in [0.25, 0.3) is 11.1 Å². The quantitative estimate of drug-likeness (QED) is 0.681. The van der Waals surface area contributed by atoms with Gasteiger partial charge in [-0.15, -0.1) is 0 Å². The van der Waals surface area contributed by atoms with E-state index in [0.29, 0.717) is 24.0 Å². The first-order chi connectivity index (χ1) is 11.2. The molecule has 0 bridgehead atoms. The van der Waals surface area contributed by atoms with Crippen LogP contribution in [0.25, 0.3) is 21.5 Å². The van der Waals surface area contributed by atoms with Crippen molar-refractivity contribution in [3.8, 4) is 0 Å². The van der Waals surface area contributed by atoms with Crippen LogP contribution < -0.4 is 11.1 Å². The molecule has 0 saturated heterocycles. The van der Waals surface area contributed by atoms with Gasteiger partial charge in [-0.3, -0.25) is 14.2 Å². The van der Waals surface area contributed by atoms with Crippen molar-refractivity contribution in [3.05, 3.63) is 69.2 Å². The molecule has 3 rings (SSSR count). The van der Waals surface area contributed by atoms with Crippen LogP contribution in [0, 0.1) is 0 Å². The monoisotopic (exact) mass is 309 g/mol. The lowest BCUT2D eigenvalue weighted by Crippen LogP contribution is -2.31. The Kier molecular flexibility index (Phi) is 4.53. The number of nitrogens with zero attached hydrogens (tertiary/aromatic N) is 1. The molecule has 118 valence electrons. The lowest BCUT2D eigenvalue weighted by atomic mass is 10.1. The molecule has 0 aliphatic carbocycles. The summed E-state index contributed by atoms with van der Waals surface area (Å²) in [6.45, 7) is 3.27. The van der Waals surface area contributed by atoms with Crippen LogP contribution in [-0.4, -0.2) is 17.8 Å². The van der Waals surface area contributed by atoms with Crippen LogP contribution in [0.5, 0.6) is 0 Å². The Balaban J connectivity index is 2.31. The van der Waals surface area contributed by atoms with Crippen molar-refractivity contribution in [1.29, 1.82) is 0 Å². The van der Waals surface area contributed by atoms with Crippen LogP contribution >= 0.6 is 0 Å². The van der Waals surface area contributed by atoms with Crippen LogP contribution in [0.1, 0.15) is 13.3 Å². The summed E-state index contributed by atoms with van der Waals surface area (Å²) in [6, 6.07) is 14.7. The third-order valence-corrected chi connectivity index (χ3v) is 3.90. The number of ether oxygens (including phenoxy) is 1. The predicted molar refractivity (Wildman–Crippen MR) is 93.1 cm³/mol. The summed E-state index contributed by atoms with van der Waals surface area (Å²) < 4.78 is 6.74. The summed E-state index contributed by atoms with van der Waals surface area (Å²) >= 11 is 0. The Morgan fingerprint density at radius 3 is 1.74 bits per heavy atom. The zero-order valence-electron chi connectivity index (χ0n) is 13.1. The molecular weight excluding hydrogens is 290 g/mol. The fourth-order valence-corrected chi connectivity index (χ4v) is 2.80. The molecule has 0 spiro atoms. The van der Waals surface area contributed by atoms with E-state index in [9.17, 15) is 9.59 Å². The van der Waals surface area contributed by atoms with E-state index < -0.39 is 0 Å². The fourth-order valence-electron chi connectivity index (χ4n) is 2.80. The maximum absolute atomic E-state index is 12.8. The highest BCUT2D eigenvalue weighted by molar-refractivity contribution is 6.05. The SMILES string of the molecule is CCCOCCn1c(=O)c2ccccc2c2ccccc2c1=O. The minimum Gasteiger partial charge on any atom is -0.380 e. The molecule has 4 nitrogen and oxygen atoms in total. The second-order valence-electron chi connectivity index (χ2n) is 5.47. The zero-order chi connectivity index (χ0) is 16.2. The van der Waals surface area contributed by atoms with Crippen molar-refractivity contribution in [2.45, 2.75) is 19.9 Å². The molecule has 1 heterocycles. The minimum absolute atomic E-state index is 0.262. The van der Waals surface area contributed by atoms with Crippen LogP contribution in [0.3, 0.4) is 0 Å². The molecule has 3 aromatic rings. The van der Waals surface area contributed by atoms with Crippen molar-refractivity contribution in [3.63, 3.8) is 0 Å². The molecule has 2 aromatic carbocycles. The Bertz CT molecular complexity index is 887. The molecule has 0 radical (unpaired) electrons. The standard InChI is InChI=1S/C19H19NO3/c1-2-12-23-13-11-20-18(21)16-9-5-3-7-14(16)15-8-4-6-10-17(15)19(20)22/h3-10H,2,11-13H2,1H3. The number of fused-ring (bicyclic) bond motifs is 3. The maximum atomic E-state index is 12.8. The summed E-state index contributed by atoms with van der Waals surface area (Å²) in [7, 11) is 0. The minimum atomic E-state index is -0.262. The number of rotatable bonds is 5. The number of aromatic nitrogens is 1. The number of benzene rings is 2. The highest BCUT2D eigenvalue weighted by Gasteiger charge is 2.10. The van der Waals surface area contributed by atoms with Crippen LogP contribution in [0.15, 0.2) is 58.1 Å². The van der Waals surface area contributed by atoms with E-state index in [-0.39, 0.29) is 17.7 Å². The molecule has 0 N–H and O–H groups in total. The lowest BCUT2D eigenvalue weighted by Gasteiger charge is -2.03. The Hall–Kier alpha value is -2.46. The van der Waals surface area contributed by atoms with Crippen molar-refractivity contribution in [2.75, 3.05) is 13.2 Å². The average Bonchev–Trinajstić information content (AvgIpc) is 2.68. The molecule has 0 fully saturated rings. The Labute approximate surface area is 133 Å². The van der Waals surface area contributed by atoms with Gasteiger partial charge in [0.05, 0.1) is 13.2 Å². The molecule has 0 saturated carbocycles. The zero-order valence-corrected chi connectivity index (χ0v) is 13.1. The molecular formula is C19H19NO3. The molecule has 0 aliphatic rings. The average molecular weight is 309 g/mol. The Morgan fingerprint density at radius 2 is 1.26 bits per heavy atom. The molecule has 23 heavy (non-hydrogen) atoms. The topological polar surface area (TPSA) is 48.3 Å². The van der Waals surface area contributed by atoms with Crippen LogP contribution in [0.4, 0.5) is 0 Å². The smallest absolute Gasteiger partial charge is 0.261 e. The van der Waals surface area contributed by atoms with Crippen molar-refractivity contribution < 1.29 is 4.74 Å². The van der Waals surface area contributed by atoms with E-state index in [2.05, 4.69) is 0 Å². The van der Waals surface area contributed by atoms with Gasteiger partial charge in [0, 0.05) is 17.4 Å². The van der Waals surface area contributed by atoms with E-state index in [4.69, 9.17) is 4.74 Å². The van der Waals surface area contributed by atoms with Crippen molar-refractivity contribution >= 4 is 21.5 Å². The normalized spacial score (nSPS) is 11.2. The lowest BCUT2D eigenvalue weighted by molar-refractivity contribution is 0.126. The number of hydrogen-bond donors (Lipinski definition) is 0. The molecule has 0 unspecified atom stereocenters. The predicted octanol–water partition coefficient (Wildman–Crippen LogP) is 2.94. The second kappa shape index (κ2) is 6.75. The van der Waals surface area contributed by atoms with E-state index in [1.165, 1.54) is 4.57 Å². The molecule has 1 aromatic heterocycles. The fraction of sp³-hybridized carbons (Fsp3) is 0.263. The number of hydrogen-bond acceptors (Lipinski definition) is 3. The van der Waals surface area contributed by atoms with Crippen molar-refractivity contribution in [2.24, 2.45) is 0 Å². The van der Waals surface area contributed by atoms with E-state index in [1.807, 2.05) is 43.3 Å². The van der Waals surface area contributed by atoms with E-state index in [1.54, 1.807) is 12.1 Å². The molecule has 4 heteroatoms. The van der Waals surface area contributed by atoms with Gasteiger partial charge < -0.3 is 4.74 Å². The second-order valence-corrected chi connectivity index (χ2v) is 5.47. The highest BCUT2D eigenvalue weighted by atomic mass is 16.5. The summed E-state index contributed by atoms with van der Waals surface area (Å²) in [5.74, 6) is 0. The summed E-state index contributed by atoms with van der Waals surface area (Å²) in [5, 5.41) is 2.72. The molecule has 0 amide bonds. The van der Waals surface area contributed by atoms with E-state index >= 15 is 0 Å². The maximum Gasteiger partial charge on any atom is 0.261 e. The largest absolute Gasteiger partial charge is 0.380 e. The van der Waals surface area contributed by atoms with Gasteiger partial charge >= 0.3 is 0 Å². The van der Waals surface area contributed by atoms with Gasteiger partial charge in [-0.05, 0) is 29.3 Å². The molecule has 0 aliphatic heterocycles. The third kappa shape index (κ3) is 2.90. The van der Waals surface area contributed by atoms with Gasteiger partial charge in [0.1, 0.15) is 0 Å². The summed E-state index contributed by atoms with van der Waals surface area (Å²) in [4.78, 5) is 25.7. The first-order valence-electron chi connectivity index (χ1n) is 7.86. The molecule has 0 atom stereocenters. The summed E-state index contributed by atoms with van der Waals surface area (Å²) in [6.07, 6.45) is 0.910. The van der Waals surface area contributed by atoms with Gasteiger partial charge in [-0.1, -0.05) is 43.3 Å². The van der Waals surface area contributed by atoms with Gasteiger partial charge in [-0.2, -0.15) is 0 Å². The van der Waals surface area contributed by atoms with Gasteiger partial charge in [0.15, 0.2) is 0 Å². The summed E-state index contributed by atoms with van der Waals surface area (Å²) in [5.41, 5.74) is -0.524. The van der Waals surface area contributed by atoms with Crippen molar-refractivity contribution in [1.82, 2.24) is 4.57 Å². The van der Waals surface area contributed by atoms with E-state index in [0.717, 1.165) is 17.2 Å². The first kappa shape index (κ1) is 15.4. The van der Waals surface area contributed by atoms with Crippen LogP contribution in [-0.2, 0) is 11.3 Å². The Morgan fingerprint density at radius 1 is 0.783 bits per heavy atom. The first-order valence-corrected chi connectivity index (χ1v) is 7.86. The van der Waals surface area contributed by atoms with Gasteiger partial charge in [-0.25, -0.2) is 0 Å². The van der Waals surface area contributed by atoms with Crippen LogP contribution in [0.2, 0.25) is 0 Å². The third-order valence-electron chi connectivity index (χ3n) is 3.90. The highest BCUT2D eigenvalue weighted by Crippen LogP contribution is 2.19. The van der Waals surface area contributed by atoms with Gasteiger partial charge in [0.2, 0.25) is 0 Å².